The van der Waals surface area contributed by atoms with Crippen molar-refractivity contribution < 1.29 is 13.5 Å². The highest BCUT2D eigenvalue weighted by molar-refractivity contribution is 5.38. The van der Waals surface area contributed by atoms with Gasteiger partial charge < -0.3 is 10.1 Å². The highest BCUT2D eigenvalue weighted by Gasteiger charge is 2.21. The summed E-state index contributed by atoms with van der Waals surface area (Å²) in [6.45, 7) is 0.520. The van der Waals surface area contributed by atoms with E-state index < -0.39 is 5.82 Å². The summed E-state index contributed by atoms with van der Waals surface area (Å²) >= 11 is 0. The summed E-state index contributed by atoms with van der Waals surface area (Å²) < 4.78 is 32.5. The average molecular weight is 275 g/mol. The molecule has 0 aromatic heterocycles. The Morgan fingerprint density at radius 3 is 2.60 bits per heavy atom. The Morgan fingerprint density at radius 2 is 1.85 bits per heavy atom. The minimum Gasteiger partial charge on any atom is -0.454 e. The molecule has 0 spiro atoms. The van der Waals surface area contributed by atoms with E-state index in [2.05, 4.69) is 5.32 Å². The van der Waals surface area contributed by atoms with Crippen LogP contribution in [0.25, 0.3) is 0 Å². The normalized spacial score (nSPS) is 14.3. The molecule has 1 saturated carbocycles. The van der Waals surface area contributed by atoms with E-state index in [-0.39, 0.29) is 11.6 Å². The Morgan fingerprint density at radius 1 is 1.05 bits per heavy atom. The van der Waals surface area contributed by atoms with Crippen LogP contribution in [-0.2, 0) is 6.54 Å². The van der Waals surface area contributed by atoms with E-state index in [1.54, 1.807) is 18.2 Å². The summed E-state index contributed by atoms with van der Waals surface area (Å²) in [5, 5.41) is 3.30. The van der Waals surface area contributed by atoms with Gasteiger partial charge in [-0.15, -0.1) is 0 Å². The number of ether oxygens (including phenoxy) is 1. The van der Waals surface area contributed by atoms with Crippen molar-refractivity contribution in [2.75, 3.05) is 0 Å². The third-order valence-electron chi connectivity index (χ3n) is 3.24. The van der Waals surface area contributed by atoms with Gasteiger partial charge in [0.05, 0.1) is 0 Å². The van der Waals surface area contributed by atoms with Gasteiger partial charge in [0.25, 0.3) is 0 Å². The predicted molar refractivity (Wildman–Crippen MR) is 72.7 cm³/mol. The van der Waals surface area contributed by atoms with Crippen LogP contribution >= 0.6 is 0 Å². The fourth-order valence-corrected chi connectivity index (χ4v) is 1.97. The van der Waals surface area contributed by atoms with Crippen LogP contribution in [0.1, 0.15) is 18.4 Å². The number of benzene rings is 2. The number of rotatable bonds is 5. The lowest BCUT2D eigenvalue weighted by atomic mass is 10.2. The fraction of sp³-hybridized carbons (Fsp3) is 0.250. The van der Waals surface area contributed by atoms with Crippen LogP contribution in [0.2, 0.25) is 0 Å². The maximum Gasteiger partial charge on any atom is 0.165 e. The van der Waals surface area contributed by atoms with Crippen LogP contribution in [0.4, 0.5) is 8.78 Å². The maximum atomic E-state index is 13.6. The topological polar surface area (TPSA) is 21.3 Å². The van der Waals surface area contributed by atoms with Crippen LogP contribution in [0.15, 0.2) is 42.5 Å². The largest absolute Gasteiger partial charge is 0.454 e. The summed E-state index contributed by atoms with van der Waals surface area (Å²) in [5.74, 6) is -0.132. The third kappa shape index (κ3) is 3.14. The van der Waals surface area contributed by atoms with Gasteiger partial charge >= 0.3 is 0 Å². The lowest BCUT2D eigenvalue weighted by molar-refractivity contribution is 0.434. The molecule has 3 rings (SSSR count). The Bertz CT molecular complexity index is 611. The van der Waals surface area contributed by atoms with E-state index >= 15 is 0 Å². The maximum absolute atomic E-state index is 13.6. The predicted octanol–water partition coefficient (Wildman–Crippen LogP) is 4.01. The van der Waals surface area contributed by atoms with Gasteiger partial charge in [-0.25, -0.2) is 8.78 Å². The number of nitrogens with one attached hydrogen (secondary N) is 1. The molecule has 0 aliphatic heterocycles. The molecule has 2 nitrogen and oxygen atoms in total. The minimum atomic E-state index is -0.432. The zero-order valence-electron chi connectivity index (χ0n) is 10.9. The van der Waals surface area contributed by atoms with Crippen LogP contribution in [0, 0.1) is 11.6 Å². The van der Waals surface area contributed by atoms with Crippen LogP contribution < -0.4 is 10.1 Å². The van der Waals surface area contributed by atoms with Crippen LogP contribution in [0.5, 0.6) is 11.5 Å². The highest BCUT2D eigenvalue weighted by Crippen LogP contribution is 2.29. The standard InChI is InChI=1S/C16H15F2NO/c17-12-5-8-15(11(9-12)10-19-13-6-7-13)20-16-4-2-1-3-14(16)18/h1-5,8-9,13,19H,6-7,10H2. The van der Waals surface area contributed by atoms with Crippen molar-refractivity contribution in [1.29, 1.82) is 0 Å². The van der Waals surface area contributed by atoms with Gasteiger partial charge in [0, 0.05) is 18.2 Å². The van der Waals surface area contributed by atoms with Crippen LogP contribution in [-0.4, -0.2) is 6.04 Å². The van der Waals surface area contributed by atoms with E-state index in [4.69, 9.17) is 4.74 Å². The average Bonchev–Trinajstić information content (AvgIpc) is 3.25. The smallest absolute Gasteiger partial charge is 0.165 e. The lowest BCUT2D eigenvalue weighted by Crippen LogP contribution is -2.16. The minimum absolute atomic E-state index is 0.145. The van der Waals surface area contributed by atoms with Crippen molar-refractivity contribution in [2.24, 2.45) is 0 Å². The van der Waals surface area contributed by atoms with E-state index in [1.165, 1.54) is 24.3 Å². The summed E-state index contributed by atoms with van der Waals surface area (Å²) in [6, 6.07) is 11.0. The first-order chi connectivity index (χ1) is 9.72. The Labute approximate surface area is 116 Å². The Balaban J connectivity index is 1.82. The lowest BCUT2D eigenvalue weighted by Gasteiger charge is -2.12. The molecule has 1 aliphatic rings. The van der Waals surface area contributed by atoms with Gasteiger partial charge in [0.1, 0.15) is 11.6 Å². The van der Waals surface area contributed by atoms with E-state index in [9.17, 15) is 8.78 Å². The molecule has 0 radical (unpaired) electrons. The molecule has 104 valence electrons. The summed E-state index contributed by atoms with van der Waals surface area (Å²) in [6.07, 6.45) is 2.30. The fourth-order valence-electron chi connectivity index (χ4n) is 1.97. The zero-order chi connectivity index (χ0) is 13.9. The summed E-state index contributed by atoms with van der Waals surface area (Å²) in [4.78, 5) is 0. The number of hydrogen-bond donors (Lipinski definition) is 1. The molecule has 0 heterocycles. The number of hydrogen-bond acceptors (Lipinski definition) is 2. The molecule has 2 aromatic carbocycles. The SMILES string of the molecule is Fc1ccc(Oc2ccccc2F)c(CNC2CC2)c1. The number of halogens is 2. The first-order valence-electron chi connectivity index (χ1n) is 6.66. The monoisotopic (exact) mass is 275 g/mol. The van der Waals surface area contributed by atoms with Gasteiger partial charge in [-0.2, -0.15) is 0 Å². The Kier molecular flexibility index (Phi) is 3.65. The quantitative estimate of drug-likeness (QED) is 0.890. The molecule has 1 fully saturated rings. The van der Waals surface area contributed by atoms with E-state index in [0.29, 0.717) is 23.9 Å². The molecule has 20 heavy (non-hydrogen) atoms. The van der Waals surface area contributed by atoms with E-state index in [1.807, 2.05) is 0 Å². The molecule has 2 aromatic rings. The molecular weight excluding hydrogens is 260 g/mol. The van der Waals surface area contributed by atoms with Gasteiger partial charge in [-0.3, -0.25) is 0 Å². The molecule has 0 saturated heterocycles. The second-order valence-corrected chi connectivity index (χ2v) is 4.94. The molecule has 1 N–H and O–H groups in total. The molecule has 0 unspecified atom stereocenters. The van der Waals surface area contributed by atoms with Crippen molar-refractivity contribution in [3.63, 3.8) is 0 Å². The molecule has 0 atom stereocenters. The van der Waals surface area contributed by atoms with Gasteiger partial charge in [0.15, 0.2) is 11.6 Å². The van der Waals surface area contributed by atoms with E-state index in [0.717, 1.165) is 12.8 Å². The van der Waals surface area contributed by atoms with Gasteiger partial charge in [-0.1, -0.05) is 12.1 Å². The second kappa shape index (κ2) is 5.59. The Hall–Kier alpha value is -1.94. The van der Waals surface area contributed by atoms with Gasteiger partial charge in [-0.05, 0) is 43.2 Å². The highest BCUT2D eigenvalue weighted by atomic mass is 19.1. The first kappa shape index (κ1) is 13.1. The third-order valence-corrected chi connectivity index (χ3v) is 3.24. The van der Waals surface area contributed by atoms with Crippen molar-refractivity contribution >= 4 is 0 Å². The van der Waals surface area contributed by atoms with Crippen molar-refractivity contribution in [1.82, 2.24) is 5.32 Å². The molecule has 0 amide bonds. The second-order valence-electron chi connectivity index (χ2n) is 4.94. The summed E-state index contributed by atoms with van der Waals surface area (Å²) in [7, 11) is 0. The molecular formula is C16H15F2NO. The van der Waals surface area contributed by atoms with Crippen molar-refractivity contribution in [3.8, 4) is 11.5 Å². The molecule has 4 heteroatoms. The first-order valence-corrected chi connectivity index (χ1v) is 6.66. The molecule has 0 bridgehead atoms. The van der Waals surface area contributed by atoms with Crippen molar-refractivity contribution in [3.05, 3.63) is 59.7 Å². The number of para-hydroxylation sites is 1. The van der Waals surface area contributed by atoms with Crippen LogP contribution in [0.3, 0.4) is 0 Å². The zero-order valence-corrected chi connectivity index (χ0v) is 10.9. The molecule has 1 aliphatic carbocycles. The van der Waals surface area contributed by atoms with Crippen molar-refractivity contribution in [2.45, 2.75) is 25.4 Å². The van der Waals surface area contributed by atoms with Gasteiger partial charge in [0.2, 0.25) is 0 Å². The summed E-state index contributed by atoms with van der Waals surface area (Å²) in [5.41, 5.74) is 0.695.